The molecule has 0 spiro atoms. The molecule has 26 heavy (non-hydrogen) atoms. The number of nitrogens with zero attached hydrogens (tertiary/aromatic N) is 1. The third-order valence-corrected chi connectivity index (χ3v) is 6.51. The van der Waals surface area contributed by atoms with E-state index in [0.29, 0.717) is 22.3 Å². The van der Waals surface area contributed by atoms with Gasteiger partial charge in [-0.15, -0.1) is 11.8 Å². The van der Waals surface area contributed by atoms with Crippen molar-refractivity contribution in [2.24, 2.45) is 0 Å². The highest BCUT2D eigenvalue weighted by atomic mass is 35.5. The smallest absolute Gasteiger partial charge is 0.321 e. The van der Waals surface area contributed by atoms with Gasteiger partial charge in [-0.3, -0.25) is 10.1 Å². The van der Waals surface area contributed by atoms with Crippen LogP contribution in [0.2, 0.25) is 10.0 Å². The number of fused-ring (bicyclic) bond motifs is 1. The SMILES string of the molecule is O=C(O)[C@@H]1CS[C@H](c2cn(Cc3ccc(Cl)c(Cl)c3)c3ccccc23)N1. The fourth-order valence-electron chi connectivity index (χ4n) is 3.24. The molecule has 3 aromatic rings. The van der Waals surface area contributed by atoms with Gasteiger partial charge in [0.2, 0.25) is 0 Å². The van der Waals surface area contributed by atoms with Crippen molar-refractivity contribution in [3.05, 3.63) is 69.8 Å². The lowest BCUT2D eigenvalue weighted by Crippen LogP contribution is -2.33. The van der Waals surface area contributed by atoms with Crippen LogP contribution < -0.4 is 5.32 Å². The van der Waals surface area contributed by atoms with Crippen molar-refractivity contribution in [2.45, 2.75) is 18.0 Å². The lowest BCUT2D eigenvalue weighted by molar-refractivity contribution is -0.138. The highest BCUT2D eigenvalue weighted by Crippen LogP contribution is 2.38. The van der Waals surface area contributed by atoms with E-state index in [1.807, 2.05) is 24.3 Å². The van der Waals surface area contributed by atoms with E-state index in [0.717, 1.165) is 22.0 Å². The zero-order chi connectivity index (χ0) is 18.3. The van der Waals surface area contributed by atoms with Crippen LogP contribution in [0.15, 0.2) is 48.7 Å². The third kappa shape index (κ3) is 3.32. The second kappa shape index (κ2) is 7.16. The molecule has 7 heteroatoms. The Kier molecular flexibility index (Phi) is 4.88. The van der Waals surface area contributed by atoms with E-state index in [2.05, 4.69) is 28.2 Å². The van der Waals surface area contributed by atoms with Gasteiger partial charge in [-0.25, -0.2) is 0 Å². The molecule has 4 nitrogen and oxygen atoms in total. The van der Waals surface area contributed by atoms with Gasteiger partial charge in [-0.1, -0.05) is 47.5 Å². The summed E-state index contributed by atoms with van der Waals surface area (Å²) in [6.45, 7) is 0.664. The summed E-state index contributed by atoms with van der Waals surface area (Å²) in [5, 5.41) is 14.6. The average Bonchev–Trinajstić information content (AvgIpc) is 3.24. The van der Waals surface area contributed by atoms with Gasteiger partial charge in [-0.2, -0.15) is 0 Å². The zero-order valence-corrected chi connectivity index (χ0v) is 16.0. The molecule has 0 amide bonds. The minimum atomic E-state index is -0.806. The Morgan fingerprint density at radius 2 is 2.04 bits per heavy atom. The van der Waals surface area contributed by atoms with Gasteiger partial charge in [0.05, 0.1) is 15.4 Å². The van der Waals surface area contributed by atoms with Crippen molar-refractivity contribution < 1.29 is 9.90 Å². The molecule has 2 N–H and O–H groups in total. The average molecular weight is 407 g/mol. The molecule has 0 aliphatic carbocycles. The predicted molar refractivity (Wildman–Crippen MR) is 107 cm³/mol. The van der Waals surface area contributed by atoms with Crippen LogP contribution in [0.1, 0.15) is 16.5 Å². The summed E-state index contributed by atoms with van der Waals surface area (Å²) < 4.78 is 2.17. The summed E-state index contributed by atoms with van der Waals surface area (Å²) in [7, 11) is 0. The van der Waals surface area contributed by atoms with Gasteiger partial charge >= 0.3 is 5.97 Å². The van der Waals surface area contributed by atoms with Crippen molar-refractivity contribution in [3.8, 4) is 0 Å². The van der Waals surface area contributed by atoms with Crippen LogP contribution >= 0.6 is 35.0 Å². The van der Waals surface area contributed by atoms with Crippen LogP contribution in [0.3, 0.4) is 0 Å². The molecular weight excluding hydrogens is 391 g/mol. The number of halogens is 2. The molecule has 2 atom stereocenters. The fraction of sp³-hybridized carbons (Fsp3) is 0.211. The topological polar surface area (TPSA) is 54.3 Å². The quantitative estimate of drug-likeness (QED) is 0.654. The minimum Gasteiger partial charge on any atom is -0.480 e. The summed E-state index contributed by atoms with van der Waals surface area (Å²) in [4.78, 5) is 11.2. The number of carboxylic acids is 1. The molecule has 2 aromatic carbocycles. The molecule has 0 radical (unpaired) electrons. The number of aromatic nitrogens is 1. The summed E-state index contributed by atoms with van der Waals surface area (Å²) in [5.41, 5.74) is 3.27. The number of rotatable bonds is 4. The van der Waals surface area contributed by atoms with Crippen LogP contribution in [0.4, 0.5) is 0 Å². The van der Waals surface area contributed by atoms with Crippen molar-refractivity contribution in [3.63, 3.8) is 0 Å². The number of nitrogens with one attached hydrogen (secondary N) is 1. The Balaban J connectivity index is 1.70. The summed E-state index contributed by atoms with van der Waals surface area (Å²) in [5.74, 6) is -0.244. The largest absolute Gasteiger partial charge is 0.480 e. The first-order valence-corrected chi connectivity index (χ1v) is 9.95. The normalized spacial score (nSPS) is 19.9. The first-order valence-electron chi connectivity index (χ1n) is 8.15. The van der Waals surface area contributed by atoms with E-state index >= 15 is 0 Å². The number of hydrogen-bond donors (Lipinski definition) is 2. The van der Waals surface area contributed by atoms with E-state index in [4.69, 9.17) is 23.2 Å². The Morgan fingerprint density at radius 3 is 2.77 bits per heavy atom. The molecule has 1 aliphatic heterocycles. The highest BCUT2D eigenvalue weighted by Gasteiger charge is 2.32. The van der Waals surface area contributed by atoms with E-state index in [1.165, 1.54) is 0 Å². The Labute approximate surface area is 165 Å². The second-order valence-electron chi connectivity index (χ2n) is 6.25. The summed E-state index contributed by atoms with van der Waals surface area (Å²) in [6, 6.07) is 13.3. The Morgan fingerprint density at radius 1 is 1.23 bits per heavy atom. The van der Waals surface area contributed by atoms with Crippen molar-refractivity contribution in [2.75, 3.05) is 5.75 Å². The van der Waals surface area contributed by atoms with E-state index in [-0.39, 0.29) is 5.37 Å². The number of carboxylic acid groups (broad SMARTS) is 1. The maximum atomic E-state index is 11.2. The molecular formula is C19H16Cl2N2O2S. The molecule has 1 fully saturated rings. The molecule has 2 heterocycles. The molecule has 1 aliphatic rings. The predicted octanol–water partition coefficient (Wildman–Crippen LogP) is 4.78. The van der Waals surface area contributed by atoms with Crippen molar-refractivity contribution in [1.82, 2.24) is 9.88 Å². The lowest BCUT2D eigenvalue weighted by atomic mass is 10.1. The van der Waals surface area contributed by atoms with Gasteiger partial charge < -0.3 is 9.67 Å². The van der Waals surface area contributed by atoms with Crippen LogP contribution in [-0.2, 0) is 11.3 Å². The van der Waals surface area contributed by atoms with Gasteiger partial charge in [0, 0.05) is 35.0 Å². The minimum absolute atomic E-state index is 0.0314. The van der Waals surface area contributed by atoms with Gasteiger partial charge in [-0.05, 0) is 23.8 Å². The maximum Gasteiger partial charge on any atom is 0.321 e. The van der Waals surface area contributed by atoms with Gasteiger partial charge in [0.25, 0.3) is 0 Å². The summed E-state index contributed by atoms with van der Waals surface area (Å²) >= 11 is 13.8. The fourth-order valence-corrected chi connectivity index (χ4v) is 4.82. The summed E-state index contributed by atoms with van der Waals surface area (Å²) in [6.07, 6.45) is 2.10. The van der Waals surface area contributed by atoms with E-state index < -0.39 is 12.0 Å². The first kappa shape index (κ1) is 17.7. The number of benzene rings is 2. The standard InChI is InChI=1S/C19H16Cl2N2O2S/c20-14-6-5-11(7-15(14)21)8-23-9-13(12-3-1-2-4-17(12)23)18-22-16(10-26-18)19(24)25/h1-7,9,16,18,22H,8,10H2,(H,24,25)/t16-,18+/m0/s1. The lowest BCUT2D eigenvalue weighted by Gasteiger charge is -2.10. The molecule has 0 bridgehead atoms. The molecule has 1 saturated heterocycles. The molecule has 134 valence electrons. The Bertz CT molecular complexity index is 989. The number of para-hydroxylation sites is 1. The van der Waals surface area contributed by atoms with Crippen LogP contribution in [0.25, 0.3) is 10.9 Å². The first-order chi connectivity index (χ1) is 12.5. The van der Waals surface area contributed by atoms with Crippen LogP contribution in [0, 0.1) is 0 Å². The van der Waals surface area contributed by atoms with E-state index in [1.54, 1.807) is 17.8 Å². The highest BCUT2D eigenvalue weighted by molar-refractivity contribution is 7.99. The van der Waals surface area contributed by atoms with Crippen LogP contribution in [-0.4, -0.2) is 27.4 Å². The second-order valence-corrected chi connectivity index (χ2v) is 8.20. The number of aliphatic carboxylic acids is 1. The zero-order valence-electron chi connectivity index (χ0n) is 13.7. The number of carbonyl (C=O) groups is 1. The molecule has 0 saturated carbocycles. The van der Waals surface area contributed by atoms with Crippen LogP contribution in [0.5, 0.6) is 0 Å². The van der Waals surface area contributed by atoms with Gasteiger partial charge in [0.15, 0.2) is 0 Å². The monoisotopic (exact) mass is 406 g/mol. The Hall–Kier alpha value is -1.66. The molecule has 0 unspecified atom stereocenters. The van der Waals surface area contributed by atoms with Gasteiger partial charge in [0.1, 0.15) is 6.04 Å². The van der Waals surface area contributed by atoms with E-state index in [9.17, 15) is 9.90 Å². The maximum absolute atomic E-state index is 11.2. The molecule has 4 rings (SSSR count). The third-order valence-electron chi connectivity index (χ3n) is 4.52. The number of hydrogen-bond acceptors (Lipinski definition) is 3. The number of thioether (sulfide) groups is 1. The molecule has 1 aromatic heterocycles. The van der Waals surface area contributed by atoms with Crippen molar-refractivity contribution >= 4 is 51.8 Å². The van der Waals surface area contributed by atoms with Crippen molar-refractivity contribution in [1.29, 1.82) is 0 Å².